The van der Waals surface area contributed by atoms with Gasteiger partial charge < -0.3 is 5.32 Å². The largest absolute Gasteiger partial charge is 0.323 e. The lowest BCUT2D eigenvalue weighted by molar-refractivity contribution is 0.600. The number of nitrogens with one attached hydrogen (secondary N) is 2. The molecule has 1 aliphatic rings. The van der Waals surface area contributed by atoms with E-state index >= 15 is 0 Å². The van der Waals surface area contributed by atoms with Crippen LogP contribution in [0.4, 0.5) is 11.6 Å². The number of nitrogens with two attached hydrogens (primary N) is 1. The van der Waals surface area contributed by atoms with Gasteiger partial charge in [0, 0.05) is 30.9 Å². The van der Waals surface area contributed by atoms with Crippen molar-refractivity contribution in [1.82, 2.24) is 20.2 Å². The molecule has 3 aromatic heterocycles. The molecule has 3 aromatic rings. The van der Waals surface area contributed by atoms with Crippen molar-refractivity contribution < 1.29 is 9.84 Å². The number of aromatic amines is 1. The number of rotatable bonds is 6. The molecule has 0 unspecified atom stereocenters. The molecular weight excluding hydrogens is 372 g/mol. The molecule has 0 aliphatic heterocycles. The van der Waals surface area contributed by atoms with Crippen LogP contribution in [0, 0.1) is 0 Å². The Morgan fingerprint density at radius 2 is 2.23 bits per heavy atom. The standard InChI is InChI=1S/C16H16N6O2S2.H2/c1-2-9-8-18-16(12-5-6-14(25-12)26(17,23)24)20-15(9)19-13-7-11(21-22-13)10-3-4-10;/h2,5-8,10H,1,3-4H2,(H2,17,23,24)(H2,18,19,20,21,22);1H. The quantitative estimate of drug-likeness (QED) is 0.593. The summed E-state index contributed by atoms with van der Waals surface area (Å²) >= 11 is 1.02. The summed E-state index contributed by atoms with van der Waals surface area (Å²) in [6.45, 7) is 3.77. The molecule has 0 aromatic carbocycles. The van der Waals surface area contributed by atoms with Crippen molar-refractivity contribution in [2.24, 2.45) is 5.14 Å². The van der Waals surface area contributed by atoms with Crippen LogP contribution in [0.5, 0.6) is 0 Å². The molecule has 0 amide bonds. The first kappa shape index (κ1) is 16.9. The minimum Gasteiger partial charge on any atom is -0.323 e. The van der Waals surface area contributed by atoms with Gasteiger partial charge in [-0.15, -0.1) is 11.3 Å². The molecule has 3 heterocycles. The maximum atomic E-state index is 11.5. The van der Waals surface area contributed by atoms with Crippen molar-refractivity contribution in [2.75, 3.05) is 5.32 Å². The number of nitrogens with zero attached hydrogens (tertiary/aromatic N) is 3. The van der Waals surface area contributed by atoms with E-state index in [0.717, 1.165) is 17.0 Å². The van der Waals surface area contributed by atoms with Gasteiger partial charge in [-0.1, -0.05) is 12.7 Å². The first-order valence-corrected chi connectivity index (χ1v) is 10.2. The third kappa shape index (κ3) is 3.39. The Labute approximate surface area is 155 Å². The van der Waals surface area contributed by atoms with Crippen molar-refractivity contribution in [3.8, 4) is 10.7 Å². The van der Waals surface area contributed by atoms with Gasteiger partial charge >= 0.3 is 0 Å². The topological polar surface area (TPSA) is 127 Å². The van der Waals surface area contributed by atoms with Crippen LogP contribution in [-0.4, -0.2) is 28.6 Å². The Morgan fingerprint density at radius 3 is 2.88 bits per heavy atom. The third-order valence-corrected chi connectivity index (χ3v) is 6.50. The normalized spacial score (nSPS) is 14.3. The molecule has 26 heavy (non-hydrogen) atoms. The van der Waals surface area contributed by atoms with Crippen LogP contribution in [-0.2, 0) is 10.0 Å². The molecule has 4 rings (SSSR count). The van der Waals surface area contributed by atoms with Crippen molar-refractivity contribution in [3.05, 3.63) is 42.2 Å². The highest BCUT2D eigenvalue weighted by atomic mass is 32.2. The van der Waals surface area contributed by atoms with Crippen molar-refractivity contribution in [1.29, 1.82) is 0 Å². The van der Waals surface area contributed by atoms with Crippen LogP contribution in [0.2, 0.25) is 0 Å². The molecule has 0 radical (unpaired) electrons. The highest BCUT2D eigenvalue weighted by Crippen LogP contribution is 2.39. The van der Waals surface area contributed by atoms with Crippen LogP contribution < -0.4 is 10.5 Å². The molecule has 0 bridgehead atoms. The van der Waals surface area contributed by atoms with E-state index < -0.39 is 10.0 Å². The van der Waals surface area contributed by atoms with E-state index in [4.69, 9.17) is 5.14 Å². The molecule has 1 aliphatic carbocycles. The second-order valence-electron chi connectivity index (χ2n) is 5.97. The van der Waals surface area contributed by atoms with Crippen molar-refractivity contribution in [2.45, 2.75) is 23.0 Å². The average Bonchev–Trinajstić information content (AvgIpc) is 3.14. The van der Waals surface area contributed by atoms with Crippen LogP contribution >= 0.6 is 11.3 Å². The third-order valence-electron chi connectivity index (χ3n) is 3.98. The van der Waals surface area contributed by atoms with Crippen molar-refractivity contribution in [3.63, 3.8) is 0 Å². The van der Waals surface area contributed by atoms with Gasteiger partial charge in [0.2, 0.25) is 10.0 Å². The highest BCUT2D eigenvalue weighted by molar-refractivity contribution is 7.91. The number of hydrogen-bond acceptors (Lipinski definition) is 7. The molecule has 0 saturated heterocycles. The first-order valence-electron chi connectivity index (χ1n) is 7.89. The fourth-order valence-corrected chi connectivity index (χ4v) is 4.15. The number of hydrogen-bond donors (Lipinski definition) is 3. The Bertz CT molecular complexity index is 1090. The molecule has 8 nitrogen and oxygen atoms in total. The lowest BCUT2D eigenvalue weighted by Gasteiger charge is -2.07. The van der Waals surface area contributed by atoms with Gasteiger partial charge in [-0.2, -0.15) is 5.10 Å². The van der Waals surface area contributed by atoms with Crippen molar-refractivity contribution >= 4 is 39.1 Å². The van der Waals surface area contributed by atoms with E-state index in [9.17, 15) is 8.42 Å². The minimum absolute atomic E-state index is 0. The summed E-state index contributed by atoms with van der Waals surface area (Å²) in [6, 6.07) is 5.05. The summed E-state index contributed by atoms with van der Waals surface area (Å²) < 4.78 is 23.0. The smallest absolute Gasteiger partial charge is 0.247 e. The fourth-order valence-electron chi connectivity index (χ4n) is 2.48. The number of primary sulfonamides is 1. The Hall–Kier alpha value is -2.56. The van der Waals surface area contributed by atoms with Gasteiger partial charge in [0.1, 0.15) is 10.0 Å². The summed E-state index contributed by atoms with van der Waals surface area (Å²) in [6.07, 6.45) is 5.64. The maximum absolute atomic E-state index is 11.5. The second kappa shape index (κ2) is 6.31. The molecule has 1 fully saturated rings. The number of sulfonamides is 1. The number of H-pyrrole nitrogens is 1. The van der Waals surface area contributed by atoms with E-state index in [0.29, 0.717) is 33.8 Å². The van der Waals surface area contributed by atoms with Crippen LogP contribution in [0.25, 0.3) is 16.8 Å². The van der Waals surface area contributed by atoms with E-state index in [1.165, 1.54) is 18.9 Å². The van der Waals surface area contributed by atoms with Crippen LogP contribution in [0.3, 0.4) is 0 Å². The molecule has 4 N–H and O–H groups in total. The zero-order valence-electron chi connectivity index (χ0n) is 13.6. The number of thiophene rings is 1. The van der Waals surface area contributed by atoms with Crippen LogP contribution in [0.15, 0.2) is 35.2 Å². The predicted octanol–water partition coefficient (Wildman–Crippen LogP) is 3.09. The van der Waals surface area contributed by atoms with E-state index in [1.54, 1.807) is 18.3 Å². The first-order chi connectivity index (χ1) is 12.4. The lowest BCUT2D eigenvalue weighted by Crippen LogP contribution is -2.09. The average molecular weight is 390 g/mol. The lowest BCUT2D eigenvalue weighted by atomic mass is 10.3. The predicted molar refractivity (Wildman–Crippen MR) is 103 cm³/mol. The summed E-state index contributed by atoms with van der Waals surface area (Å²) in [7, 11) is -3.74. The SMILES string of the molecule is C=Cc1cnc(-c2ccc(S(N)(=O)=O)s2)nc1Nc1cc(C2CC2)[nH]n1.[HH]. The van der Waals surface area contributed by atoms with E-state index in [1.807, 2.05) is 6.07 Å². The van der Waals surface area contributed by atoms with Crippen LogP contribution in [0.1, 0.15) is 31.4 Å². The highest BCUT2D eigenvalue weighted by Gasteiger charge is 2.25. The Morgan fingerprint density at radius 1 is 1.42 bits per heavy atom. The Kier molecular flexibility index (Phi) is 4.10. The monoisotopic (exact) mass is 390 g/mol. The molecule has 1 saturated carbocycles. The van der Waals surface area contributed by atoms with Gasteiger partial charge in [-0.3, -0.25) is 5.10 Å². The summed E-state index contributed by atoms with van der Waals surface area (Å²) in [4.78, 5) is 9.39. The van der Waals surface area contributed by atoms with E-state index in [-0.39, 0.29) is 5.64 Å². The molecular formula is C16H18N6O2S2. The molecule has 10 heteroatoms. The maximum Gasteiger partial charge on any atom is 0.247 e. The van der Waals surface area contributed by atoms with E-state index in [2.05, 4.69) is 32.1 Å². The van der Waals surface area contributed by atoms with Gasteiger partial charge in [0.15, 0.2) is 11.6 Å². The molecule has 0 atom stereocenters. The minimum atomic E-state index is -3.74. The molecule has 0 spiro atoms. The second-order valence-corrected chi connectivity index (χ2v) is 8.85. The fraction of sp³-hybridized carbons (Fsp3) is 0.188. The zero-order chi connectivity index (χ0) is 18.3. The number of anilines is 2. The number of aromatic nitrogens is 4. The van der Waals surface area contributed by atoms with Gasteiger partial charge in [-0.25, -0.2) is 23.5 Å². The summed E-state index contributed by atoms with van der Waals surface area (Å²) in [5.74, 6) is 2.18. The van der Waals surface area contributed by atoms with Gasteiger partial charge in [0.25, 0.3) is 0 Å². The summed E-state index contributed by atoms with van der Waals surface area (Å²) in [5, 5.41) is 15.6. The molecule has 136 valence electrons. The van der Waals surface area contributed by atoms with Gasteiger partial charge in [0.05, 0.1) is 4.88 Å². The summed E-state index contributed by atoms with van der Waals surface area (Å²) in [5.41, 5.74) is 1.82. The Balaban J connectivity index is 0.00000210. The zero-order valence-corrected chi connectivity index (χ0v) is 15.3. The van der Waals surface area contributed by atoms with Gasteiger partial charge in [-0.05, 0) is 25.0 Å².